The highest BCUT2D eigenvalue weighted by molar-refractivity contribution is 7.92. The predicted molar refractivity (Wildman–Crippen MR) is 163 cm³/mol. The molecule has 3 rings (SSSR count). The van der Waals surface area contributed by atoms with Crippen molar-refractivity contribution in [3.8, 4) is 5.75 Å². The van der Waals surface area contributed by atoms with Crippen LogP contribution in [0.3, 0.4) is 0 Å². The summed E-state index contributed by atoms with van der Waals surface area (Å²) in [6, 6.07) is 16.8. The molecule has 220 valence electrons. The van der Waals surface area contributed by atoms with Gasteiger partial charge in [-0.3, -0.25) is 13.9 Å². The number of halogens is 2. The Morgan fingerprint density at radius 2 is 1.63 bits per heavy atom. The van der Waals surface area contributed by atoms with Gasteiger partial charge in [0.05, 0.1) is 27.7 Å². The Morgan fingerprint density at radius 3 is 2.22 bits per heavy atom. The van der Waals surface area contributed by atoms with Crippen LogP contribution in [0, 0.1) is 6.92 Å². The molecular formula is C30H35Cl2N3O5S. The lowest BCUT2D eigenvalue weighted by molar-refractivity contribution is -0.140. The van der Waals surface area contributed by atoms with Crippen molar-refractivity contribution < 1.29 is 22.7 Å². The van der Waals surface area contributed by atoms with Crippen molar-refractivity contribution in [1.29, 1.82) is 0 Å². The third kappa shape index (κ3) is 8.38. The number of methoxy groups -OCH3 is 1. The molecule has 0 fully saturated rings. The molecule has 0 saturated heterocycles. The fourth-order valence-corrected chi connectivity index (χ4v) is 5.73. The number of nitrogens with one attached hydrogen (secondary N) is 1. The number of carbonyl (C=O) groups is 2. The lowest BCUT2D eigenvalue weighted by atomic mass is 10.1. The van der Waals surface area contributed by atoms with Gasteiger partial charge >= 0.3 is 0 Å². The smallest absolute Gasteiger partial charge is 0.264 e. The highest BCUT2D eigenvalue weighted by Crippen LogP contribution is 2.31. The second kappa shape index (κ2) is 13.1. The Hall–Kier alpha value is -3.27. The first-order valence-corrected chi connectivity index (χ1v) is 15.1. The van der Waals surface area contributed by atoms with Crippen LogP contribution in [0.25, 0.3) is 0 Å². The number of nitrogens with zero attached hydrogens (tertiary/aromatic N) is 2. The average molecular weight is 621 g/mol. The molecule has 8 nitrogen and oxygen atoms in total. The lowest BCUT2D eigenvalue weighted by Crippen LogP contribution is -2.54. The highest BCUT2D eigenvalue weighted by atomic mass is 35.5. The highest BCUT2D eigenvalue weighted by Gasteiger charge is 2.33. The summed E-state index contributed by atoms with van der Waals surface area (Å²) >= 11 is 12.4. The van der Waals surface area contributed by atoms with Crippen molar-refractivity contribution in [1.82, 2.24) is 10.2 Å². The number of aryl methyl sites for hydroxylation is 1. The largest absolute Gasteiger partial charge is 0.497 e. The summed E-state index contributed by atoms with van der Waals surface area (Å²) in [6.45, 7) is 8.41. The zero-order valence-electron chi connectivity index (χ0n) is 23.9. The molecule has 41 heavy (non-hydrogen) atoms. The lowest BCUT2D eigenvalue weighted by Gasteiger charge is -2.33. The Balaban J connectivity index is 2.07. The van der Waals surface area contributed by atoms with E-state index in [9.17, 15) is 18.0 Å². The number of sulfonamides is 1. The van der Waals surface area contributed by atoms with E-state index in [1.165, 1.54) is 42.3 Å². The van der Waals surface area contributed by atoms with Gasteiger partial charge in [-0.15, -0.1) is 0 Å². The standard InChI is InChI=1S/C30H35Cl2N3O5S/c1-20-10-13-25(14-11-20)41(38,39)35(23-12-15-26(31)27(32)17-23)19-28(36)34(21(2)29(37)33-30(3,4)5)18-22-8-7-9-24(16-22)40-6/h7-17,21H,18-19H2,1-6H3,(H,33,37). The Bertz CT molecular complexity index is 1510. The molecule has 3 aromatic rings. The van der Waals surface area contributed by atoms with Gasteiger partial charge in [0.15, 0.2) is 0 Å². The molecule has 0 saturated carbocycles. The summed E-state index contributed by atoms with van der Waals surface area (Å²) in [5.41, 5.74) is 1.19. The minimum absolute atomic E-state index is 0.000146. The van der Waals surface area contributed by atoms with Crippen molar-refractivity contribution in [2.45, 2.75) is 57.6 Å². The molecule has 0 aromatic heterocycles. The van der Waals surface area contributed by atoms with Crippen LogP contribution in [0.15, 0.2) is 71.6 Å². The zero-order valence-corrected chi connectivity index (χ0v) is 26.3. The molecule has 1 unspecified atom stereocenters. The molecule has 3 aromatic carbocycles. The number of rotatable bonds is 10. The summed E-state index contributed by atoms with van der Waals surface area (Å²) in [4.78, 5) is 28.6. The summed E-state index contributed by atoms with van der Waals surface area (Å²) in [5.74, 6) is -0.386. The fraction of sp³-hybridized carbons (Fsp3) is 0.333. The van der Waals surface area contributed by atoms with Gasteiger partial charge < -0.3 is 15.0 Å². The van der Waals surface area contributed by atoms with E-state index in [0.717, 1.165) is 9.87 Å². The molecule has 0 radical (unpaired) electrons. The first-order chi connectivity index (χ1) is 19.1. The second-order valence-electron chi connectivity index (χ2n) is 10.7. The van der Waals surface area contributed by atoms with Crippen molar-refractivity contribution in [3.05, 3.63) is 87.9 Å². The van der Waals surface area contributed by atoms with E-state index < -0.39 is 34.1 Å². The molecule has 0 aliphatic carbocycles. The van der Waals surface area contributed by atoms with Gasteiger partial charge in [-0.1, -0.05) is 53.0 Å². The Morgan fingerprint density at radius 1 is 0.976 bits per heavy atom. The molecule has 1 atom stereocenters. The summed E-state index contributed by atoms with van der Waals surface area (Å²) in [6.07, 6.45) is 0. The topological polar surface area (TPSA) is 96.0 Å². The SMILES string of the molecule is COc1cccc(CN(C(=O)CN(c2ccc(Cl)c(Cl)c2)S(=O)(=O)c2ccc(C)cc2)C(C)C(=O)NC(C)(C)C)c1. The number of carbonyl (C=O) groups excluding carboxylic acids is 2. The minimum Gasteiger partial charge on any atom is -0.497 e. The Kier molecular flexibility index (Phi) is 10.3. The average Bonchev–Trinajstić information content (AvgIpc) is 2.90. The quantitative estimate of drug-likeness (QED) is 0.308. The number of ether oxygens (including phenoxy) is 1. The normalized spacial score (nSPS) is 12.4. The molecule has 2 amide bonds. The first-order valence-electron chi connectivity index (χ1n) is 12.9. The third-order valence-corrected chi connectivity index (χ3v) is 8.76. The predicted octanol–water partition coefficient (Wildman–Crippen LogP) is 5.84. The van der Waals surface area contributed by atoms with Crippen molar-refractivity contribution >= 4 is 50.7 Å². The van der Waals surface area contributed by atoms with Crippen molar-refractivity contribution in [2.24, 2.45) is 0 Å². The maximum absolute atomic E-state index is 14.0. The van der Waals surface area contributed by atoms with Crippen LogP contribution in [-0.4, -0.2) is 50.4 Å². The summed E-state index contributed by atoms with van der Waals surface area (Å²) in [5, 5.41) is 3.27. The van der Waals surface area contributed by atoms with E-state index in [-0.39, 0.29) is 33.1 Å². The van der Waals surface area contributed by atoms with Gasteiger partial charge in [-0.25, -0.2) is 8.42 Å². The summed E-state index contributed by atoms with van der Waals surface area (Å²) < 4.78 is 34.1. The second-order valence-corrected chi connectivity index (χ2v) is 13.4. The van der Waals surface area contributed by atoms with Gasteiger partial charge in [0.25, 0.3) is 10.0 Å². The van der Waals surface area contributed by atoms with Crippen LogP contribution in [0.1, 0.15) is 38.8 Å². The van der Waals surface area contributed by atoms with Crippen molar-refractivity contribution in [3.63, 3.8) is 0 Å². The molecule has 0 aliphatic rings. The molecule has 11 heteroatoms. The van der Waals surface area contributed by atoms with Gasteiger partial charge in [0.1, 0.15) is 18.3 Å². The van der Waals surface area contributed by atoms with E-state index in [1.54, 1.807) is 43.3 Å². The minimum atomic E-state index is -4.22. The van der Waals surface area contributed by atoms with E-state index in [2.05, 4.69) is 5.32 Å². The van der Waals surface area contributed by atoms with E-state index in [1.807, 2.05) is 27.7 Å². The van der Waals surface area contributed by atoms with Crippen LogP contribution in [-0.2, 0) is 26.2 Å². The van der Waals surface area contributed by atoms with Crippen LogP contribution in [0.5, 0.6) is 5.75 Å². The van der Waals surface area contributed by atoms with Crippen molar-refractivity contribution in [2.75, 3.05) is 18.0 Å². The molecule has 0 bridgehead atoms. The third-order valence-electron chi connectivity index (χ3n) is 6.23. The number of benzene rings is 3. The van der Waals surface area contributed by atoms with Gasteiger partial charge in [-0.05, 0) is 82.6 Å². The molecule has 0 heterocycles. The maximum atomic E-state index is 14.0. The molecule has 0 spiro atoms. The zero-order chi connectivity index (χ0) is 30.5. The van der Waals surface area contributed by atoms with Gasteiger partial charge in [0.2, 0.25) is 11.8 Å². The maximum Gasteiger partial charge on any atom is 0.264 e. The fourth-order valence-electron chi connectivity index (χ4n) is 4.03. The van der Waals surface area contributed by atoms with Gasteiger partial charge in [-0.2, -0.15) is 0 Å². The monoisotopic (exact) mass is 619 g/mol. The first kappa shape index (κ1) is 32.2. The van der Waals surface area contributed by atoms with Crippen LogP contribution >= 0.6 is 23.2 Å². The molecule has 1 N–H and O–H groups in total. The van der Waals surface area contributed by atoms with Crippen LogP contribution < -0.4 is 14.4 Å². The van der Waals surface area contributed by atoms with Crippen LogP contribution in [0.4, 0.5) is 5.69 Å². The number of hydrogen-bond acceptors (Lipinski definition) is 5. The summed E-state index contributed by atoms with van der Waals surface area (Å²) in [7, 11) is -2.69. The Labute approximate surface area is 252 Å². The number of hydrogen-bond donors (Lipinski definition) is 1. The van der Waals surface area contributed by atoms with E-state index in [0.29, 0.717) is 11.3 Å². The number of anilines is 1. The number of amides is 2. The molecular weight excluding hydrogens is 585 g/mol. The van der Waals surface area contributed by atoms with E-state index in [4.69, 9.17) is 27.9 Å². The van der Waals surface area contributed by atoms with E-state index >= 15 is 0 Å². The van der Waals surface area contributed by atoms with Crippen LogP contribution in [0.2, 0.25) is 10.0 Å². The molecule has 0 aliphatic heterocycles. The van der Waals surface area contributed by atoms with Gasteiger partial charge in [0, 0.05) is 12.1 Å².